The van der Waals surface area contributed by atoms with Crippen LogP contribution in [0.4, 0.5) is 0 Å². The van der Waals surface area contributed by atoms with Crippen molar-refractivity contribution in [1.82, 2.24) is 9.47 Å². The first-order valence-electron chi connectivity index (χ1n) is 7.24. The Hall–Kier alpha value is -2.89. The van der Waals surface area contributed by atoms with Crippen molar-refractivity contribution in [1.29, 1.82) is 0 Å². The minimum absolute atomic E-state index is 0.0716. The van der Waals surface area contributed by atoms with Crippen LogP contribution >= 0.6 is 0 Å². The van der Waals surface area contributed by atoms with E-state index in [0.29, 0.717) is 11.3 Å². The number of guanidine groups is 1. The lowest BCUT2D eigenvalue weighted by atomic mass is 9.84. The molecular formula is C17H18N4O2. The number of aliphatic imine (C=N–C) groups is 1. The molecule has 0 bridgehead atoms. The quantitative estimate of drug-likeness (QED) is 0.867. The first-order chi connectivity index (χ1) is 10.9. The lowest BCUT2D eigenvalue weighted by molar-refractivity contribution is -0.129. The molecular weight excluding hydrogens is 292 g/mol. The zero-order valence-corrected chi connectivity index (χ0v) is 13.3. The number of carbonyl (C=O) groups excluding carboxylic acids is 2. The van der Waals surface area contributed by atoms with Gasteiger partial charge in [-0.25, -0.2) is 4.99 Å². The van der Waals surface area contributed by atoms with Gasteiger partial charge in [-0.3, -0.25) is 14.5 Å². The van der Waals surface area contributed by atoms with Crippen LogP contribution in [-0.2, 0) is 17.4 Å². The number of hydrogen-bond acceptors (Lipinski definition) is 4. The second kappa shape index (κ2) is 5.08. The summed E-state index contributed by atoms with van der Waals surface area (Å²) >= 11 is 0. The van der Waals surface area contributed by atoms with Crippen molar-refractivity contribution in [2.75, 3.05) is 7.05 Å². The Bertz CT molecular complexity index is 822. The first-order valence-corrected chi connectivity index (χ1v) is 7.24. The molecule has 0 radical (unpaired) electrons. The molecule has 3 rings (SSSR count). The molecule has 1 amide bonds. The molecule has 2 heterocycles. The predicted molar refractivity (Wildman–Crippen MR) is 87.0 cm³/mol. The van der Waals surface area contributed by atoms with Gasteiger partial charge >= 0.3 is 0 Å². The lowest BCUT2D eigenvalue weighted by Gasteiger charge is -2.24. The number of rotatable bonds is 3. The lowest BCUT2D eigenvalue weighted by Crippen LogP contribution is -2.41. The molecule has 2 aromatic rings. The average molecular weight is 310 g/mol. The Kier molecular flexibility index (Phi) is 3.32. The highest BCUT2D eigenvalue weighted by molar-refractivity contribution is 6.09. The Morgan fingerprint density at radius 3 is 2.30 bits per heavy atom. The summed E-state index contributed by atoms with van der Waals surface area (Å²) in [5, 5.41) is 0. The fraction of sp³-hybridized carbons (Fsp3) is 0.235. The maximum atomic E-state index is 13.0. The SMILES string of the molecule is CC(=O)c1cc(C2(c3ccccc3)N=C(N)N(C)C2=O)cn1C. The van der Waals surface area contributed by atoms with Gasteiger partial charge in [-0.15, -0.1) is 0 Å². The number of aryl methyl sites for hydroxylation is 1. The van der Waals surface area contributed by atoms with Crippen molar-refractivity contribution in [3.8, 4) is 0 Å². The second-order valence-corrected chi connectivity index (χ2v) is 5.69. The molecule has 1 aromatic carbocycles. The Morgan fingerprint density at radius 1 is 1.17 bits per heavy atom. The maximum Gasteiger partial charge on any atom is 0.266 e. The van der Waals surface area contributed by atoms with Crippen molar-refractivity contribution in [3.63, 3.8) is 0 Å². The average Bonchev–Trinajstić information content (AvgIpc) is 3.03. The van der Waals surface area contributed by atoms with Crippen molar-refractivity contribution >= 4 is 17.6 Å². The predicted octanol–water partition coefficient (Wildman–Crippen LogP) is 1.26. The smallest absolute Gasteiger partial charge is 0.266 e. The molecule has 1 unspecified atom stereocenters. The monoisotopic (exact) mass is 310 g/mol. The summed E-state index contributed by atoms with van der Waals surface area (Å²) < 4.78 is 1.71. The van der Waals surface area contributed by atoms with Crippen molar-refractivity contribution < 1.29 is 9.59 Å². The molecule has 6 heteroatoms. The number of amides is 1. The van der Waals surface area contributed by atoms with Gasteiger partial charge in [-0.1, -0.05) is 30.3 Å². The summed E-state index contributed by atoms with van der Waals surface area (Å²) in [5.74, 6) is -0.147. The molecule has 1 aromatic heterocycles. The van der Waals surface area contributed by atoms with E-state index in [0.717, 1.165) is 5.56 Å². The van der Waals surface area contributed by atoms with E-state index in [9.17, 15) is 9.59 Å². The number of nitrogens with two attached hydrogens (primary N) is 1. The van der Waals surface area contributed by atoms with Crippen molar-refractivity contribution in [2.45, 2.75) is 12.5 Å². The van der Waals surface area contributed by atoms with E-state index < -0.39 is 5.54 Å². The number of likely N-dealkylation sites (N-methyl/N-ethyl adjacent to an activating group) is 1. The minimum atomic E-state index is -1.24. The van der Waals surface area contributed by atoms with Crippen LogP contribution in [0.1, 0.15) is 28.5 Å². The number of nitrogens with zero attached hydrogens (tertiary/aromatic N) is 3. The molecule has 1 atom stereocenters. The van der Waals surface area contributed by atoms with Gasteiger partial charge in [0.1, 0.15) is 0 Å². The van der Waals surface area contributed by atoms with Crippen molar-refractivity contribution in [2.24, 2.45) is 17.8 Å². The number of hydrogen-bond donors (Lipinski definition) is 1. The Morgan fingerprint density at radius 2 is 1.83 bits per heavy atom. The highest BCUT2D eigenvalue weighted by Crippen LogP contribution is 2.39. The molecule has 6 nitrogen and oxygen atoms in total. The molecule has 0 aliphatic carbocycles. The molecule has 2 N–H and O–H groups in total. The number of benzene rings is 1. The fourth-order valence-electron chi connectivity index (χ4n) is 2.98. The second-order valence-electron chi connectivity index (χ2n) is 5.69. The van der Waals surface area contributed by atoms with Gasteiger partial charge in [0.05, 0.1) is 5.69 Å². The minimum Gasteiger partial charge on any atom is -0.369 e. The standard InChI is InChI=1S/C17H18N4O2/c1-11(22)14-9-13(10-20(14)2)17(12-7-5-4-6-8-12)15(23)21(3)16(18)19-17/h4-10H,1-3H3,(H2,18,19). The number of carbonyl (C=O) groups is 2. The van der Waals surface area contributed by atoms with E-state index >= 15 is 0 Å². The van der Waals surface area contributed by atoms with Crippen LogP contribution in [0.3, 0.4) is 0 Å². The summed E-state index contributed by atoms with van der Waals surface area (Å²) in [4.78, 5) is 30.6. The van der Waals surface area contributed by atoms with E-state index in [1.165, 1.54) is 11.8 Å². The zero-order valence-electron chi connectivity index (χ0n) is 13.3. The fourth-order valence-corrected chi connectivity index (χ4v) is 2.98. The van der Waals surface area contributed by atoms with E-state index in [2.05, 4.69) is 4.99 Å². The van der Waals surface area contributed by atoms with Crippen LogP contribution in [0.25, 0.3) is 0 Å². The number of ketones is 1. The summed E-state index contributed by atoms with van der Waals surface area (Å²) in [6, 6.07) is 11.0. The van der Waals surface area contributed by atoms with E-state index in [1.807, 2.05) is 30.3 Å². The molecule has 0 fully saturated rings. The summed E-state index contributed by atoms with van der Waals surface area (Å²) in [6.45, 7) is 1.49. The van der Waals surface area contributed by atoms with E-state index in [4.69, 9.17) is 5.73 Å². The molecule has 1 aliphatic rings. The van der Waals surface area contributed by atoms with E-state index in [-0.39, 0.29) is 17.6 Å². The van der Waals surface area contributed by atoms with Gasteiger partial charge in [-0.05, 0) is 11.6 Å². The third-order valence-corrected chi connectivity index (χ3v) is 4.22. The van der Waals surface area contributed by atoms with Crippen LogP contribution in [0, 0.1) is 0 Å². The molecule has 23 heavy (non-hydrogen) atoms. The highest BCUT2D eigenvalue weighted by atomic mass is 16.2. The third-order valence-electron chi connectivity index (χ3n) is 4.22. The van der Waals surface area contributed by atoms with Gasteiger partial charge < -0.3 is 10.3 Å². The van der Waals surface area contributed by atoms with E-state index in [1.54, 1.807) is 30.9 Å². The van der Waals surface area contributed by atoms with Gasteiger partial charge in [0.25, 0.3) is 5.91 Å². The zero-order chi connectivity index (χ0) is 16.8. The normalized spacial score (nSPS) is 20.7. The molecule has 118 valence electrons. The van der Waals surface area contributed by atoms with Crippen LogP contribution in [0.2, 0.25) is 0 Å². The molecule has 0 spiro atoms. The summed E-state index contributed by atoms with van der Waals surface area (Å²) in [5.41, 5.74) is 6.53. The van der Waals surface area contributed by atoms with Crippen LogP contribution in [0.15, 0.2) is 47.6 Å². The van der Waals surface area contributed by atoms with Gasteiger partial charge in [-0.2, -0.15) is 0 Å². The largest absolute Gasteiger partial charge is 0.369 e. The number of aromatic nitrogens is 1. The van der Waals surface area contributed by atoms with Gasteiger partial charge in [0.2, 0.25) is 0 Å². The maximum absolute atomic E-state index is 13.0. The Balaban J connectivity index is 2.29. The first kappa shape index (κ1) is 15.0. The van der Waals surface area contributed by atoms with Crippen LogP contribution in [0.5, 0.6) is 0 Å². The summed E-state index contributed by atoms with van der Waals surface area (Å²) in [7, 11) is 3.37. The van der Waals surface area contributed by atoms with Crippen molar-refractivity contribution in [3.05, 3.63) is 59.4 Å². The molecule has 0 saturated carbocycles. The van der Waals surface area contributed by atoms with Crippen LogP contribution in [-0.4, -0.2) is 34.2 Å². The Labute approximate surface area is 134 Å². The van der Waals surface area contributed by atoms with Gasteiger partial charge in [0, 0.05) is 32.8 Å². The van der Waals surface area contributed by atoms with Gasteiger partial charge in [0.15, 0.2) is 17.3 Å². The number of Topliss-reactive ketones (excluding diaryl/α,β-unsaturated/α-hetero) is 1. The highest BCUT2D eigenvalue weighted by Gasteiger charge is 2.50. The molecule has 0 saturated heterocycles. The summed E-state index contributed by atoms with van der Waals surface area (Å²) in [6.07, 6.45) is 1.76. The third kappa shape index (κ3) is 2.06. The topological polar surface area (TPSA) is 80.7 Å². The van der Waals surface area contributed by atoms with Crippen LogP contribution < -0.4 is 5.73 Å². The molecule has 1 aliphatic heterocycles.